The average molecular weight is 383 g/mol. The second-order valence-electron chi connectivity index (χ2n) is 7.15. The van der Waals surface area contributed by atoms with Crippen molar-refractivity contribution >= 4 is 15.9 Å². The van der Waals surface area contributed by atoms with E-state index in [0.29, 0.717) is 25.9 Å². The Balaban J connectivity index is 1.56. The number of halogens is 1. The van der Waals surface area contributed by atoms with Gasteiger partial charge in [0.1, 0.15) is 5.82 Å². The van der Waals surface area contributed by atoms with Crippen molar-refractivity contribution in [3.8, 4) is 0 Å². The van der Waals surface area contributed by atoms with E-state index >= 15 is 0 Å². The first-order valence-corrected chi connectivity index (χ1v) is 10.7. The fraction of sp³-hybridized carbons (Fsp3) is 0.611. The van der Waals surface area contributed by atoms with E-state index in [0.717, 1.165) is 26.2 Å². The first-order chi connectivity index (χ1) is 12.4. The van der Waals surface area contributed by atoms with Crippen LogP contribution in [0.15, 0.2) is 24.3 Å². The van der Waals surface area contributed by atoms with Crippen molar-refractivity contribution in [2.75, 3.05) is 46.3 Å². The zero-order valence-electron chi connectivity index (χ0n) is 15.1. The Bertz CT molecular complexity index is 740. The van der Waals surface area contributed by atoms with Crippen molar-refractivity contribution in [2.24, 2.45) is 5.92 Å². The quantitative estimate of drug-likeness (QED) is 0.782. The summed E-state index contributed by atoms with van der Waals surface area (Å²) in [6.07, 6.45) is 1.06. The molecule has 6 nitrogen and oxygen atoms in total. The first kappa shape index (κ1) is 19.3. The molecule has 0 N–H and O–H groups in total. The number of piperazine rings is 1. The highest BCUT2D eigenvalue weighted by molar-refractivity contribution is 7.88. The predicted molar refractivity (Wildman–Crippen MR) is 97.4 cm³/mol. The molecule has 2 aliphatic heterocycles. The second kappa shape index (κ2) is 8.02. The summed E-state index contributed by atoms with van der Waals surface area (Å²) in [6, 6.07) is 5.94. The SMILES string of the molecule is CN1CCN(C(=O)C2CCN(S(=O)(=O)Cc3ccccc3F)CC2)CC1. The average Bonchev–Trinajstić information content (AvgIpc) is 2.64. The highest BCUT2D eigenvalue weighted by Gasteiger charge is 2.34. The normalized spacial score (nSPS) is 21.1. The number of nitrogens with zero attached hydrogens (tertiary/aromatic N) is 3. The summed E-state index contributed by atoms with van der Waals surface area (Å²) in [4.78, 5) is 16.7. The van der Waals surface area contributed by atoms with Gasteiger partial charge in [-0.15, -0.1) is 0 Å². The summed E-state index contributed by atoms with van der Waals surface area (Å²) in [5.41, 5.74) is 0.183. The smallest absolute Gasteiger partial charge is 0.225 e. The minimum atomic E-state index is -3.58. The van der Waals surface area contributed by atoms with E-state index in [1.807, 2.05) is 11.9 Å². The number of rotatable bonds is 4. The van der Waals surface area contributed by atoms with E-state index in [9.17, 15) is 17.6 Å². The maximum atomic E-state index is 13.8. The molecule has 144 valence electrons. The topological polar surface area (TPSA) is 60.9 Å². The number of carbonyl (C=O) groups is 1. The van der Waals surface area contributed by atoms with Gasteiger partial charge in [0.05, 0.1) is 5.75 Å². The number of amides is 1. The lowest BCUT2D eigenvalue weighted by atomic mass is 9.96. The molecular weight excluding hydrogens is 357 g/mol. The van der Waals surface area contributed by atoms with Crippen LogP contribution in [0.5, 0.6) is 0 Å². The lowest BCUT2D eigenvalue weighted by Gasteiger charge is -2.37. The van der Waals surface area contributed by atoms with Gasteiger partial charge in [0, 0.05) is 50.7 Å². The number of hydrogen-bond donors (Lipinski definition) is 0. The molecule has 0 aliphatic carbocycles. The summed E-state index contributed by atoms with van der Waals surface area (Å²) in [6.45, 7) is 3.87. The monoisotopic (exact) mass is 383 g/mol. The number of hydrogen-bond acceptors (Lipinski definition) is 4. The molecule has 0 bridgehead atoms. The zero-order valence-corrected chi connectivity index (χ0v) is 15.9. The van der Waals surface area contributed by atoms with Crippen molar-refractivity contribution in [3.63, 3.8) is 0 Å². The van der Waals surface area contributed by atoms with Crippen LogP contribution in [0.2, 0.25) is 0 Å². The van der Waals surface area contributed by atoms with Crippen LogP contribution in [0.25, 0.3) is 0 Å². The molecule has 8 heteroatoms. The van der Waals surface area contributed by atoms with E-state index in [4.69, 9.17) is 0 Å². The maximum absolute atomic E-state index is 13.8. The van der Waals surface area contributed by atoms with E-state index in [-0.39, 0.29) is 23.1 Å². The number of sulfonamides is 1. The number of carbonyl (C=O) groups excluding carboxylic acids is 1. The molecule has 0 unspecified atom stereocenters. The van der Waals surface area contributed by atoms with Crippen LogP contribution in [0.3, 0.4) is 0 Å². The van der Waals surface area contributed by atoms with Crippen LogP contribution in [0, 0.1) is 11.7 Å². The lowest BCUT2D eigenvalue weighted by Crippen LogP contribution is -2.51. The zero-order chi connectivity index (χ0) is 18.7. The van der Waals surface area contributed by atoms with E-state index in [1.54, 1.807) is 12.1 Å². The Kier molecular flexibility index (Phi) is 5.94. The van der Waals surface area contributed by atoms with Crippen LogP contribution < -0.4 is 0 Å². The summed E-state index contributed by atoms with van der Waals surface area (Å²) in [7, 11) is -1.54. The van der Waals surface area contributed by atoms with Gasteiger partial charge >= 0.3 is 0 Å². The molecule has 1 aromatic carbocycles. The molecule has 2 saturated heterocycles. The number of piperidine rings is 1. The lowest BCUT2D eigenvalue weighted by molar-refractivity contribution is -0.138. The molecule has 3 rings (SSSR count). The Morgan fingerprint density at radius 3 is 2.31 bits per heavy atom. The Morgan fingerprint density at radius 1 is 1.08 bits per heavy atom. The van der Waals surface area contributed by atoms with Gasteiger partial charge in [-0.3, -0.25) is 4.79 Å². The van der Waals surface area contributed by atoms with Gasteiger partial charge < -0.3 is 9.80 Å². The van der Waals surface area contributed by atoms with Crippen molar-refractivity contribution in [1.82, 2.24) is 14.1 Å². The summed E-state index contributed by atoms with van der Waals surface area (Å²) >= 11 is 0. The van der Waals surface area contributed by atoms with Gasteiger partial charge in [0.15, 0.2) is 0 Å². The molecule has 2 fully saturated rings. The summed E-state index contributed by atoms with van der Waals surface area (Å²) in [5.74, 6) is -0.810. The molecular formula is C18H26FN3O3S. The van der Waals surface area contributed by atoms with E-state index in [1.165, 1.54) is 16.4 Å². The molecule has 26 heavy (non-hydrogen) atoms. The molecule has 0 radical (unpaired) electrons. The number of benzene rings is 1. The summed E-state index contributed by atoms with van der Waals surface area (Å²) < 4.78 is 40.3. The van der Waals surface area contributed by atoms with Crippen LogP contribution in [-0.2, 0) is 20.6 Å². The largest absolute Gasteiger partial charge is 0.340 e. The standard InChI is InChI=1S/C18H26FN3O3S/c1-20-10-12-21(13-11-20)18(23)15-6-8-22(9-7-15)26(24,25)14-16-4-2-3-5-17(16)19/h2-5,15H,6-14H2,1H3. The fourth-order valence-corrected chi connectivity index (χ4v) is 5.15. The van der Waals surface area contributed by atoms with Gasteiger partial charge in [0.2, 0.25) is 15.9 Å². The minimum Gasteiger partial charge on any atom is -0.340 e. The third-order valence-electron chi connectivity index (χ3n) is 5.31. The van der Waals surface area contributed by atoms with Crippen molar-refractivity contribution in [2.45, 2.75) is 18.6 Å². The molecule has 0 saturated carbocycles. The predicted octanol–water partition coefficient (Wildman–Crippen LogP) is 1.14. The highest BCUT2D eigenvalue weighted by atomic mass is 32.2. The van der Waals surface area contributed by atoms with Gasteiger partial charge in [-0.1, -0.05) is 18.2 Å². The third-order valence-corrected chi connectivity index (χ3v) is 7.13. The maximum Gasteiger partial charge on any atom is 0.225 e. The summed E-state index contributed by atoms with van der Waals surface area (Å²) in [5, 5.41) is 0. The van der Waals surface area contributed by atoms with Gasteiger partial charge in [-0.2, -0.15) is 0 Å². The van der Waals surface area contributed by atoms with Crippen LogP contribution in [0.1, 0.15) is 18.4 Å². The van der Waals surface area contributed by atoms with E-state index in [2.05, 4.69) is 4.90 Å². The van der Waals surface area contributed by atoms with E-state index < -0.39 is 15.8 Å². The first-order valence-electron chi connectivity index (χ1n) is 9.05. The Morgan fingerprint density at radius 2 is 1.69 bits per heavy atom. The second-order valence-corrected chi connectivity index (χ2v) is 9.12. The van der Waals surface area contributed by atoms with Crippen molar-refractivity contribution in [3.05, 3.63) is 35.6 Å². The van der Waals surface area contributed by atoms with Crippen LogP contribution in [-0.4, -0.2) is 74.7 Å². The van der Waals surface area contributed by atoms with Gasteiger partial charge in [-0.25, -0.2) is 17.1 Å². The van der Waals surface area contributed by atoms with Crippen molar-refractivity contribution in [1.29, 1.82) is 0 Å². The highest BCUT2D eigenvalue weighted by Crippen LogP contribution is 2.24. The van der Waals surface area contributed by atoms with Crippen LogP contribution in [0.4, 0.5) is 4.39 Å². The Labute approximate surface area is 154 Å². The molecule has 2 aliphatic rings. The minimum absolute atomic E-state index is 0.113. The molecule has 0 aromatic heterocycles. The molecule has 1 amide bonds. The van der Waals surface area contributed by atoms with Gasteiger partial charge in [-0.05, 0) is 26.0 Å². The third kappa shape index (κ3) is 4.42. The van der Waals surface area contributed by atoms with Crippen LogP contribution >= 0.6 is 0 Å². The van der Waals surface area contributed by atoms with Crippen molar-refractivity contribution < 1.29 is 17.6 Å². The fourth-order valence-electron chi connectivity index (χ4n) is 3.57. The van der Waals surface area contributed by atoms with Gasteiger partial charge in [0.25, 0.3) is 0 Å². The Hall–Kier alpha value is -1.51. The molecule has 1 aromatic rings. The number of likely N-dealkylation sites (N-methyl/N-ethyl adjacent to an activating group) is 1. The molecule has 2 heterocycles. The molecule has 0 atom stereocenters. The molecule has 0 spiro atoms.